The summed E-state index contributed by atoms with van der Waals surface area (Å²) in [5.41, 5.74) is 3.75. The van der Waals surface area contributed by atoms with Gasteiger partial charge >= 0.3 is 37.7 Å². The van der Waals surface area contributed by atoms with Gasteiger partial charge in [0.1, 0.15) is 0 Å². The number of benzene rings is 2. The molecule has 0 atom stereocenters. The average molecular weight is 575 g/mol. The molecule has 0 heterocycles. The quantitative estimate of drug-likeness (QED) is 0.0925. The van der Waals surface area contributed by atoms with E-state index in [9.17, 15) is 10.2 Å². The molecule has 0 aliphatic carbocycles. The summed E-state index contributed by atoms with van der Waals surface area (Å²) in [6, 6.07) is 11.7. The van der Waals surface area contributed by atoms with E-state index in [2.05, 4.69) is 26.0 Å². The number of hydrogen-bond acceptors (Lipinski definition) is 2. The summed E-state index contributed by atoms with van der Waals surface area (Å²) in [6.07, 6.45) is 28.9. The van der Waals surface area contributed by atoms with Crippen molar-refractivity contribution in [3.05, 3.63) is 58.7 Å². The Labute approximate surface area is 277 Å². The Morgan fingerprint density at radius 3 is 1.02 bits per heavy atom. The van der Waals surface area contributed by atoms with E-state index in [0.29, 0.717) is 6.42 Å². The van der Waals surface area contributed by atoms with Gasteiger partial charge in [-0.15, -0.1) is 11.5 Å². The van der Waals surface area contributed by atoms with Gasteiger partial charge < -0.3 is 10.2 Å². The van der Waals surface area contributed by atoms with E-state index in [-0.39, 0.29) is 49.2 Å². The van der Waals surface area contributed by atoms with E-state index >= 15 is 0 Å². The molecule has 0 bridgehead atoms. The molecule has 0 aliphatic heterocycles. The summed E-state index contributed by atoms with van der Waals surface area (Å²) in [6.45, 7) is 4.54. The van der Waals surface area contributed by atoms with E-state index in [1.807, 2.05) is 12.1 Å². The molecule has 0 unspecified atom stereocenters. The van der Waals surface area contributed by atoms with Gasteiger partial charge in [0, 0.05) is 0 Å². The van der Waals surface area contributed by atoms with E-state index in [1.54, 1.807) is 12.1 Å². The van der Waals surface area contributed by atoms with Gasteiger partial charge in [-0.3, -0.25) is 0 Å². The maximum atomic E-state index is 12.7. The van der Waals surface area contributed by atoms with Crippen LogP contribution < -0.4 is 10.2 Å². The number of rotatable bonds is 24. The maximum absolute atomic E-state index is 12.7. The smallest absolute Gasteiger partial charge is 0.872 e. The Balaban J connectivity index is 0.00000800. The van der Waals surface area contributed by atoms with Crippen molar-refractivity contribution >= 4 is 37.7 Å². The molecule has 0 radical (unpaired) electrons. The first kappa shape index (κ1) is 37.3. The molecule has 40 heavy (non-hydrogen) atoms. The molecule has 0 aliphatic rings. The molecule has 0 saturated carbocycles. The van der Waals surface area contributed by atoms with Gasteiger partial charge in [0.25, 0.3) is 0 Å². The van der Waals surface area contributed by atoms with Gasteiger partial charge in [0.05, 0.1) is 0 Å². The van der Waals surface area contributed by atoms with E-state index in [4.69, 9.17) is 0 Å². The van der Waals surface area contributed by atoms with Gasteiger partial charge in [-0.2, -0.15) is 0 Å². The molecule has 0 saturated heterocycles. The molecule has 0 spiro atoms. The fraction of sp³-hybridized carbons (Fsp3) is 0.676. The number of aryl methyl sites for hydroxylation is 2. The standard InChI is InChI=1S/C37H60O2.Ca/c1-3-5-7-9-11-13-15-17-19-21-23-32-25-27-34(36(38)29-32)31-35-28-26-33(30-37(35)39)24-22-20-18-16-14-12-10-8-6-4-2;/h25-30,38-39H,3-24,31H2,1-2H3;/q;+2/p-2. The van der Waals surface area contributed by atoms with Crippen molar-refractivity contribution in [3.8, 4) is 11.5 Å². The van der Waals surface area contributed by atoms with Crippen LogP contribution in [0.15, 0.2) is 36.4 Å². The zero-order valence-corrected chi connectivity index (χ0v) is 28.5. The molecule has 0 amide bonds. The van der Waals surface area contributed by atoms with Gasteiger partial charge in [0.2, 0.25) is 0 Å². The Morgan fingerprint density at radius 2 is 0.725 bits per heavy atom. The Bertz CT molecular complexity index is 807. The summed E-state index contributed by atoms with van der Waals surface area (Å²) >= 11 is 0. The first-order valence-corrected chi connectivity index (χ1v) is 16.7. The Hall–Kier alpha value is -0.700. The molecule has 2 aromatic carbocycles. The second-order valence-corrected chi connectivity index (χ2v) is 11.9. The van der Waals surface area contributed by atoms with Crippen LogP contribution in [0, 0.1) is 0 Å². The van der Waals surface area contributed by atoms with Gasteiger partial charge in [-0.1, -0.05) is 177 Å². The number of hydrogen-bond donors (Lipinski definition) is 0. The second-order valence-electron chi connectivity index (χ2n) is 11.9. The summed E-state index contributed by atoms with van der Waals surface area (Å²) in [7, 11) is 0. The van der Waals surface area contributed by atoms with Crippen LogP contribution in [0.25, 0.3) is 0 Å². The monoisotopic (exact) mass is 574 g/mol. The van der Waals surface area contributed by atoms with Crippen molar-refractivity contribution in [2.45, 2.75) is 162 Å². The third-order valence-electron chi connectivity index (χ3n) is 8.28. The minimum Gasteiger partial charge on any atom is -0.872 e. The Kier molecular flexibility index (Phi) is 23.2. The molecular weight excluding hydrogens is 516 g/mol. The fourth-order valence-corrected chi connectivity index (χ4v) is 5.64. The van der Waals surface area contributed by atoms with Crippen molar-refractivity contribution in [1.82, 2.24) is 0 Å². The van der Waals surface area contributed by atoms with Gasteiger partial charge in [-0.25, -0.2) is 0 Å². The van der Waals surface area contributed by atoms with Crippen molar-refractivity contribution in [3.63, 3.8) is 0 Å². The largest absolute Gasteiger partial charge is 2.00 e. The van der Waals surface area contributed by atoms with Crippen LogP contribution in [-0.4, -0.2) is 37.7 Å². The van der Waals surface area contributed by atoms with Crippen molar-refractivity contribution in [1.29, 1.82) is 0 Å². The van der Waals surface area contributed by atoms with Crippen LogP contribution in [0.1, 0.15) is 165 Å². The summed E-state index contributed by atoms with van der Waals surface area (Å²) in [5, 5.41) is 25.4. The topological polar surface area (TPSA) is 46.1 Å². The SMILES string of the molecule is CCCCCCCCCCCCc1ccc(Cc2ccc(CCCCCCCCCCCC)cc2[O-])c([O-])c1.[Ca+2]. The molecule has 220 valence electrons. The molecule has 0 aromatic heterocycles. The zero-order chi connectivity index (χ0) is 28.0. The Morgan fingerprint density at radius 1 is 0.425 bits per heavy atom. The van der Waals surface area contributed by atoms with E-state index in [0.717, 1.165) is 47.9 Å². The zero-order valence-electron chi connectivity index (χ0n) is 26.3. The number of unbranched alkanes of at least 4 members (excludes halogenated alkanes) is 18. The predicted molar refractivity (Wildman–Crippen MR) is 171 cm³/mol. The first-order valence-electron chi connectivity index (χ1n) is 16.7. The minimum atomic E-state index is 0. The first-order chi connectivity index (χ1) is 19.1. The molecule has 3 heteroatoms. The van der Waals surface area contributed by atoms with Crippen LogP contribution in [0.2, 0.25) is 0 Å². The third-order valence-corrected chi connectivity index (χ3v) is 8.28. The summed E-state index contributed by atoms with van der Waals surface area (Å²) in [5.74, 6) is 0.154. The van der Waals surface area contributed by atoms with Crippen molar-refractivity contribution in [2.24, 2.45) is 0 Å². The average Bonchev–Trinajstić information content (AvgIpc) is 2.93. The predicted octanol–water partition coefficient (Wildman–Crippen LogP) is 9.97. The van der Waals surface area contributed by atoms with Crippen molar-refractivity contribution < 1.29 is 10.2 Å². The molecule has 2 aromatic rings. The molecule has 0 N–H and O–H groups in total. The second kappa shape index (κ2) is 24.9. The van der Waals surface area contributed by atoms with Crippen LogP contribution in [-0.2, 0) is 19.3 Å². The van der Waals surface area contributed by atoms with Crippen LogP contribution in [0.4, 0.5) is 0 Å². The molecular formula is C37H58CaO2. The van der Waals surface area contributed by atoms with Crippen LogP contribution >= 0.6 is 0 Å². The van der Waals surface area contributed by atoms with Crippen LogP contribution in [0.3, 0.4) is 0 Å². The molecule has 2 nitrogen and oxygen atoms in total. The van der Waals surface area contributed by atoms with E-state index < -0.39 is 0 Å². The summed E-state index contributed by atoms with van der Waals surface area (Å²) in [4.78, 5) is 0. The summed E-state index contributed by atoms with van der Waals surface area (Å²) < 4.78 is 0. The normalized spacial score (nSPS) is 11.1. The van der Waals surface area contributed by atoms with Gasteiger partial charge in [-0.05, 0) is 43.2 Å². The fourth-order valence-electron chi connectivity index (χ4n) is 5.64. The maximum Gasteiger partial charge on any atom is 2.00 e. The molecule has 2 rings (SSSR count). The van der Waals surface area contributed by atoms with Gasteiger partial charge in [0.15, 0.2) is 0 Å². The van der Waals surface area contributed by atoms with E-state index in [1.165, 1.54) is 116 Å². The van der Waals surface area contributed by atoms with Crippen molar-refractivity contribution in [2.75, 3.05) is 0 Å². The van der Waals surface area contributed by atoms with Crippen LogP contribution in [0.5, 0.6) is 11.5 Å². The third kappa shape index (κ3) is 17.3. The minimum absolute atomic E-state index is 0. The molecule has 0 fully saturated rings.